The van der Waals surface area contributed by atoms with Crippen LogP contribution in [0, 0.1) is 11.6 Å². The molecule has 104 valence electrons. The van der Waals surface area contributed by atoms with Gasteiger partial charge in [-0.3, -0.25) is 4.79 Å². The molecule has 0 aromatic heterocycles. The van der Waals surface area contributed by atoms with Crippen molar-refractivity contribution in [2.24, 2.45) is 0 Å². The van der Waals surface area contributed by atoms with Gasteiger partial charge in [0, 0.05) is 19.2 Å². The molecule has 1 aromatic carbocycles. The van der Waals surface area contributed by atoms with Crippen LogP contribution in [-0.4, -0.2) is 23.9 Å². The fourth-order valence-electron chi connectivity index (χ4n) is 2.55. The maximum atomic E-state index is 13.7. The maximum Gasteiger partial charge on any atom is 0.256 e. The molecule has 1 aromatic rings. The summed E-state index contributed by atoms with van der Waals surface area (Å²) in [5, 5.41) is 0. The van der Waals surface area contributed by atoms with Crippen molar-refractivity contribution in [3.05, 3.63) is 29.3 Å². The van der Waals surface area contributed by atoms with Gasteiger partial charge in [0.1, 0.15) is 11.6 Å². The normalized spacial score (nSPS) is 16.4. The van der Waals surface area contributed by atoms with E-state index in [1.165, 1.54) is 6.42 Å². The van der Waals surface area contributed by atoms with E-state index in [9.17, 15) is 13.6 Å². The lowest BCUT2D eigenvalue weighted by atomic mass is 9.94. The molecule has 1 fully saturated rings. The molecule has 2 rings (SSSR count). The van der Waals surface area contributed by atoms with Crippen LogP contribution in [-0.2, 0) is 0 Å². The molecule has 5 heteroatoms. The topological polar surface area (TPSA) is 46.3 Å². The number of carbonyl (C=O) groups excluding carboxylic acids is 1. The zero-order chi connectivity index (χ0) is 14.0. The molecular formula is C14H18F2N2O. The summed E-state index contributed by atoms with van der Waals surface area (Å²) in [5.74, 6) is -2.13. The van der Waals surface area contributed by atoms with Crippen molar-refractivity contribution in [3.63, 3.8) is 0 Å². The first-order valence-corrected chi connectivity index (χ1v) is 6.52. The van der Waals surface area contributed by atoms with Crippen molar-refractivity contribution < 1.29 is 13.6 Å². The van der Waals surface area contributed by atoms with Crippen LogP contribution < -0.4 is 5.73 Å². The molecule has 0 radical (unpaired) electrons. The average molecular weight is 268 g/mol. The third-order valence-corrected chi connectivity index (χ3v) is 3.76. The number of hydrogen-bond donors (Lipinski definition) is 1. The largest absolute Gasteiger partial charge is 0.396 e. The Kier molecular flexibility index (Phi) is 4.02. The molecule has 2 N–H and O–H groups in total. The summed E-state index contributed by atoms with van der Waals surface area (Å²) < 4.78 is 26.8. The highest BCUT2D eigenvalue weighted by atomic mass is 19.1. The first-order valence-electron chi connectivity index (χ1n) is 6.52. The van der Waals surface area contributed by atoms with Crippen LogP contribution in [0.25, 0.3) is 0 Å². The van der Waals surface area contributed by atoms with Gasteiger partial charge in [-0.05, 0) is 18.9 Å². The maximum absolute atomic E-state index is 13.7. The lowest BCUT2D eigenvalue weighted by molar-refractivity contribution is 0.0691. The van der Waals surface area contributed by atoms with Crippen LogP contribution in [0.2, 0.25) is 0 Å². The highest BCUT2D eigenvalue weighted by Gasteiger charge is 2.25. The predicted molar refractivity (Wildman–Crippen MR) is 69.7 cm³/mol. The van der Waals surface area contributed by atoms with Crippen LogP contribution in [0.1, 0.15) is 42.5 Å². The van der Waals surface area contributed by atoms with Crippen molar-refractivity contribution in [2.45, 2.75) is 38.1 Å². The van der Waals surface area contributed by atoms with Crippen LogP contribution in [0.5, 0.6) is 0 Å². The van der Waals surface area contributed by atoms with Gasteiger partial charge in [-0.15, -0.1) is 0 Å². The summed E-state index contributed by atoms with van der Waals surface area (Å²) in [4.78, 5) is 13.8. The van der Waals surface area contributed by atoms with Crippen molar-refractivity contribution in [1.82, 2.24) is 4.90 Å². The third kappa shape index (κ3) is 2.85. The summed E-state index contributed by atoms with van der Waals surface area (Å²) in [6, 6.07) is 1.87. The Bertz CT molecular complexity index is 485. The Hall–Kier alpha value is -1.65. The number of hydrogen-bond acceptors (Lipinski definition) is 2. The van der Waals surface area contributed by atoms with Gasteiger partial charge in [-0.1, -0.05) is 19.3 Å². The SMILES string of the molecule is CN(C(=O)c1cc(N)c(F)cc1F)C1CCCCC1. The quantitative estimate of drug-likeness (QED) is 0.838. The smallest absolute Gasteiger partial charge is 0.256 e. The zero-order valence-corrected chi connectivity index (χ0v) is 11.0. The summed E-state index contributed by atoms with van der Waals surface area (Å²) >= 11 is 0. The van der Waals surface area contributed by atoms with Gasteiger partial charge in [0.2, 0.25) is 0 Å². The summed E-state index contributed by atoms with van der Waals surface area (Å²) in [6.07, 6.45) is 5.20. The average Bonchev–Trinajstić information content (AvgIpc) is 2.42. The highest BCUT2D eigenvalue weighted by Crippen LogP contribution is 2.24. The van der Waals surface area contributed by atoms with Crippen LogP contribution in [0.4, 0.5) is 14.5 Å². The van der Waals surface area contributed by atoms with E-state index in [1.54, 1.807) is 11.9 Å². The molecule has 0 spiro atoms. The summed E-state index contributed by atoms with van der Waals surface area (Å²) in [5.41, 5.74) is 5.03. The lowest BCUT2D eigenvalue weighted by Crippen LogP contribution is -2.38. The van der Waals surface area contributed by atoms with E-state index in [4.69, 9.17) is 5.73 Å². The van der Waals surface area contributed by atoms with Gasteiger partial charge in [0.15, 0.2) is 0 Å². The van der Waals surface area contributed by atoms with E-state index in [0.29, 0.717) is 6.07 Å². The molecule has 0 unspecified atom stereocenters. The Morgan fingerprint density at radius 3 is 2.47 bits per heavy atom. The van der Waals surface area contributed by atoms with Crippen molar-refractivity contribution in [1.29, 1.82) is 0 Å². The van der Waals surface area contributed by atoms with Gasteiger partial charge in [-0.2, -0.15) is 0 Å². The number of rotatable bonds is 2. The van der Waals surface area contributed by atoms with Gasteiger partial charge >= 0.3 is 0 Å². The standard InChI is InChI=1S/C14H18F2N2O/c1-18(9-5-3-2-4-6-9)14(19)10-7-13(17)12(16)8-11(10)15/h7-9H,2-6,17H2,1H3. The van der Waals surface area contributed by atoms with Crippen molar-refractivity contribution in [3.8, 4) is 0 Å². The third-order valence-electron chi connectivity index (χ3n) is 3.76. The summed E-state index contributed by atoms with van der Waals surface area (Å²) in [7, 11) is 1.66. The molecule has 1 aliphatic carbocycles. The number of benzene rings is 1. The molecule has 0 saturated heterocycles. The minimum absolute atomic E-state index is 0.131. The van der Waals surface area contributed by atoms with Crippen LogP contribution in [0.15, 0.2) is 12.1 Å². The second-order valence-corrected chi connectivity index (χ2v) is 5.06. The molecule has 1 saturated carbocycles. The molecule has 1 aliphatic rings. The Balaban J connectivity index is 2.21. The number of carbonyl (C=O) groups is 1. The monoisotopic (exact) mass is 268 g/mol. The van der Waals surface area contributed by atoms with Gasteiger partial charge in [0.05, 0.1) is 11.3 Å². The number of nitrogen functional groups attached to an aromatic ring is 1. The van der Waals surface area contributed by atoms with E-state index < -0.39 is 17.5 Å². The molecule has 0 aliphatic heterocycles. The lowest BCUT2D eigenvalue weighted by Gasteiger charge is -2.31. The predicted octanol–water partition coefficient (Wildman–Crippen LogP) is 2.95. The molecule has 3 nitrogen and oxygen atoms in total. The van der Waals surface area contributed by atoms with Gasteiger partial charge < -0.3 is 10.6 Å². The Labute approximate surface area is 111 Å². The van der Waals surface area contributed by atoms with E-state index in [-0.39, 0.29) is 17.3 Å². The highest BCUT2D eigenvalue weighted by molar-refractivity contribution is 5.95. The minimum atomic E-state index is -0.862. The Morgan fingerprint density at radius 1 is 1.21 bits per heavy atom. The van der Waals surface area contributed by atoms with Gasteiger partial charge in [-0.25, -0.2) is 8.78 Å². The molecule has 0 bridgehead atoms. The molecule has 0 atom stereocenters. The number of nitrogens with two attached hydrogens (primary N) is 1. The number of anilines is 1. The summed E-state index contributed by atoms with van der Waals surface area (Å²) in [6.45, 7) is 0. The first-order chi connectivity index (χ1) is 9.00. The van der Waals surface area contributed by atoms with E-state index >= 15 is 0 Å². The van der Waals surface area contributed by atoms with E-state index in [2.05, 4.69) is 0 Å². The van der Waals surface area contributed by atoms with Crippen molar-refractivity contribution in [2.75, 3.05) is 12.8 Å². The second-order valence-electron chi connectivity index (χ2n) is 5.06. The molecular weight excluding hydrogens is 250 g/mol. The van der Waals surface area contributed by atoms with Crippen LogP contribution in [0.3, 0.4) is 0 Å². The number of nitrogens with zero attached hydrogens (tertiary/aromatic N) is 1. The van der Waals surface area contributed by atoms with Gasteiger partial charge in [0.25, 0.3) is 5.91 Å². The number of halogens is 2. The molecule has 1 amide bonds. The Morgan fingerprint density at radius 2 is 1.84 bits per heavy atom. The van der Waals surface area contributed by atoms with E-state index in [1.807, 2.05) is 0 Å². The second kappa shape index (κ2) is 5.55. The fraction of sp³-hybridized carbons (Fsp3) is 0.500. The zero-order valence-electron chi connectivity index (χ0n) is 11.0. The molecule has 19 heavy (non-hydrogen) atoms. The van der Waals surface area contributed by atoms with Crippen molar-refractivity contribution >= 4 is 11.6 Å². The number of amides is 1. The minimum Gasteiger partial charge on any atom is -0.396 e. The molecule has 0 heterocycles. The van der Waals surface area contributed by atoms with E-state index in [0.717, 1.165) is 31.7 Å². The van der Waals surface area contributed by atoms with Crippen LogP contribution >= 0.6 is 0 Å². The fourth-order valence-corrected chi connectivity index (χ4v) is 2.55. The first kappa shape index (κ1) is 13.8.